The fourth-order valence-corrected chi connectivity index (χ4v) is 4.85. The van der Waals surface area contributed by atoms with E-state index in [4.69, 9.17) is 9.72 Å². The van der Waals surface area contributed by atoms with Crippen LogP contribution in [-0.4, -0.2) is 112 Å². The Hall–Kier alpha value is -4.16. The standard InChI is InChI=1S/C32H45N9O3/c1-24(42)22-40-16-18-41(19-17-40)23-27-20-26(10-12-33-27)36-30-34-13-11-28(37-30)25-8-9-29(35-21-25)38(5)14-7-15-39(6)31(43)44-32(2,3)4/h8-13,20-21H,7,14-19,22-23H2,1-6H3,(H,33,34,36,37). The zero-order valence-corrected chi connectivity index (χ0v) is 26.8. The number of pyridine rings is 2. The van der Waals surface area contributed by atoms with Gasteiger partial charge in [0.05, 0.1) is 17.9 Å². The molecule has 1 fully saturated rings. The van der Waals surface area contributed by atoms with Gasteiger partial charge in [0.15, 0.2) is 0 Å². The number of anilines is 3. The van der Waals surface area contributed by atoms with Crippen LogP contribution in [-0.2, 0) is 16.1 Å². The lowest BCUT2D eigenvalue weighted by Crippen LogP contribution is -2.47. The van der Waals surface area contributed by atoms with E-state index in [-0.39, 0.29) is 11.9 Å². The van der Waals surface area contributed by atoms with E-state index in [0.29, 0.717) is 19.0 Å². The van der Waals surface area contributed by atoms with Crippen molar-refractivity contribution in [1.82, 2.24) is 34.6 Å². The van der Waals surface area contributed by atoms with Crippen molar-refractivity contribution in [3.63, 3.8) is 0 Å². The highest BCUT2D eigenvalue weighted by Gasteiger charge is 2.20. The molecule has 0 aliphatic carbocycles. The molecule has 0 unspecified atom stereocenters. The van der Waals surface area contributed by atoms with Crippen LogP contribution in [0.3, 0.4) is 0 Å². The molecule has 236 valence electrons. The number of carbonyl (C=O) groups is 2. The maximum Gasteiger partial charge on any atom is 0.410 e. The highest BCUT2D eigenvalue weighted by atomic mass is 16.6. The second kappa shape index (κ2) is 15.0. The lowest BCUT2D eigenvalue weighted by atomic mass is 10.2. The molecule has 0 spiro atoms. The smallest absolute Gasteiger partial charge is 0.410 e. The Morgan fingerprint density at radius 1 is 0.955 bits per heavy atom. The van der Waals surface area contributed by atoms with E-state index in [0.717, 1.165) is 74.1 Å². The van der Waals surface area contributed by atoms with Gasteiger partial charge in [0.1, 0.15) is 17.2 Å². The van der Waals surface area contributed by atoms with Crippen molar-refractivity contribution in [2.75, 3.05) is 70.1 Å². The molecule has 12 nitrogen and oxygen atoms in total. The topological polar surface area (TPSA) is 120 Å². The molecule has 1 N–H and O–H groups in total. The van der Waals surface area contributed by atoms with Crippen molar-refractivity contribution in [2.24, 2.45) is 0 Å². The van der Waals surface area contributed by atoms with Crippen LogP contribution in [0.25, 0.3) is 11.3 Å². The zero-order chi connectivity index (χ0) is 31.7. The number of hydrogen-bond acceptors (Lipinski definition) is 11. The van der Waals surface area contributed by atoms with Gasteiger partial charge in [-0.2, -0.15) is 0 Å². The molecule has 1 aliphatic heterocycles. The van der Waals surface area contributed by atoms with E-state index in [9.17, 15) is 9.59 Å². The molecule has 3 aromatic rings. The highest BCUT2D eigenvalue weighted by Crippen LogP contribution is 2.22. The summed E-state index contributed by atoms with van der Waals surface area (Å²) < 4.78 is 5.42. The quantitative estimate of drug-likeness (QED) is 0.323. The van der Waals surface area contributed by atoms with Gasteiger partial charge in [0, 0.05) is 89.8 Å². The molecule has 0 bridgehead atoms. The second-order valence-corrected chi connectivity index (χ2v) is 12.3. The van der Waals surface area contributed by atoms with Crippen molar-refractivity contribution in [1.29, 1.82) is 0 Å². The largest absolute Gasteiger partial charge is 0.444 e. The van der Waals surface area contributed by atoms with E-state index < -0.39 is 5.60 Å². The molecule has 12 heteroatoms. The molecule has 1 amide bonds. The minimum atomic E-state index is -0.507. The molecule has 0 atom stereocenters. The first-order valence-corrected chi connectivity index (χ1v) is 15.1. The molecule has 4 rings (SSSR count). The molecule has 44 heavy (non-hydrogen) atoms. The Morgan fingerprint density at radius 3 is 2.36 bits per heavy atom. The summed E-state index contributed by atoms with van der Waals surface area (Å²) in [5.74, 6) is 1.54. The van der Waals surface area contributed by atoms with Crippen LogP contribution in [0.4, 0.5) is 22.2 Å². The molecule has 4 heterocycles. The van der Waals surface area contributed by atoms with E-state index in [1.807, 2.05) is 64.3 Å². The summed E-state index contributed by atoms with van der Waals surface area (Å²) in [6, 6.07) is 9.76. The zero-order valence-electron chi connectivity index (χ0n) is 26.8. The second-order valence-electron chi connectivity index (χ2n) is 12.3. The van der Waals surface area contributed by atoms with E-state index in [1.165, 1.54) is 0 Å². The van der Waals surface area contributed by atoms with Gasteiger partial charge in [-0.25, -0.2) is 19.7 Å². The Balaban J connectivity index is 1.29. The number of carbonyl (C=O) groups excluding carboxylic acids is 2. The Bertz CT molecular complexity index is 1390. The molecule has 1 saturated heterocycles. The number of aromatic nitrogens is 4. The van der Waals surface area contributed by atoms with Gasteiger partial charge in [-0.15, -0.1) is 0 Å². The Kier molecular flexibility index (Phi) is 11.2. The van der Waals surface area contributed by atoms with Gasteiger partial charge in [-0.05, 0) is 64.4 Å². The number of amides is 1. The normalized spacial score (nSPS) is 14.2. The monoisotopic (exact) mass is 603 g/mol. The van der Waals surface area contributed by atoms with E-state index in [1.54, 1.807) is 31.3 Å². The fraction of sp³-hybridized carbons (Fsp3) is 0.500. The van der Waals surface area contributed by atoms with Crippen LogP contribution in [0, 0.1) is 0 Å². The predicted octanol–water partition coefficient (Wildman–Crippen LogP) is 4.08. The Morgan fingerprint density at radius 2 is 1.68 bits per heavy atom. The molecular formula is C32H45N9O3. The molecule has 1 aliphatic rings. The van der Waals surface area contributed by atoms with Crippen LogP contribution in [0.2, 0.25) is 0 Å². The summed E-state index contributed by atoms with van der Waals surface area (Å²) in [5.41, 5.74) is 2.98. The maximum atomic E-state index is 12.2. The third-order valence-corrected chi connectivity index (χ3v) is 7.15. The third kappa shape index (κ3) is 10.2. The highest BCUT2D eigenvalue weighted by molar-refractivity contribution is 5.77. The summed E-state index contributed by atoms with van der Waals surface area (Å²) in [5, 5.41) is 3.31. The first kappa shape index (κ1) is 32.7. The van der Waals surface area contributed by atoms with Crippen LogP contribution >= 0.6 is 0 Å². The first-order chi connectivity index (χ1) is 20.9. The number of Topliss-reactive ketones (excluding diaryl/α,β-unsaturated/α-hetero) is 1. The lowest BCUT2D eigenvalue weighted by Gasteiger charge is -2.33. The number of rotatable bonds is 12. The number of nitrogens with one attached hydrogen (secondary N) is 1. The van der Waals surface area contributed by atoms with Crippen LogP contribution in [0.1, 0.15) is 39.8 Å². The molecule has 0 aromatic carbocycles. The number of ketones is 1. The van der Waals surface area contributed by atoms with Crippen molar-refractivity contribution >= 4 is 29.3 Å². The summed E-state index contributed by atoms with van der Waals surface area (Å²) in [7, 11) is 3.74. The van der Waals surface area contributed by atoms with Crippen LogP contribution in [0.5, 0.6) is 0 Å². The van der Waals surface area contributed by atoms with E-state index >= 15 is 0 Å². The number of nitrogens with zero attached hydrogens (tertiary/aromatic N) is 8. The molecule has 0 radical (unpaired) electrons. The molecular weight excluding hydrogens is 558 g/mol. The van der Waals surface area contributed by atoms with Gasteiger partial charge in [0.2, 0.25) is 5.95 Å². The van der Waals surface area contributed by atoms with Crippen LogP contribution < -0.4 is 10.2 Å². The maximum absolute atomic E-state index is 12.2. The van der Waals surface area contributed by atoms with Gasteiger partial charge in [-0.3, -0.25) is 19.6 Å². The number of ether oxygens (including phenoxy) is 1. The van der Waals surface area contributed by atoms with Gasteiger partial charge in [-0.1, -0.05) is 0 Å². The lowest BCUT2D eigenvalue weighted by molar-refractivity contribution is -0.118. The molecule has 0 saturated carbocycles. The SMILES string of the molecule is CC(=O)CN1CCN(Cc2cc(Nc3nccc(-c4ccc(N(C)CCCN(C)C(=O)OC(C)(C)C)nc4)n3)ccn2)CC1. The van der Waals surface area contributed by atoms with Crippen molar-refractivity contribution in [2.45, 2.75) is 46.3 Å². The number of piperazine rings is 1. The Labute approximate surface area is 260 Å². The number of hydrogen-bond donors (Lipinski definition) is 1. The van der Waals surface area contributed by atoms with E-state index in [2.05, 4.69) is 35.0 Å². The third-order valence-electron chi connectivity index (χ3n) is 7.15. The van der Waals surface area contributed by atoms with Crippen molar-refractivity contribution in [3.05, 3.63) is 54.6 Å². The van der Waals surface area contributed by atoms with Crippen molar-refractivity contribution < 1.29 is 14.3 Å². The minimum absolute atomic E-state index is 0.208. The van der Waals surface area contributed by atoms with Gasteiger partial charge >= 0.3 is 6.09 Å². The summed E-state index contributed by atoms with van der Waals surface area (Å²) in [4.78, 5) is 50.1. The average Bonchev–Trinajstić information content (AvgIpc) is 2.97. The first-order valence-electron chi connectivity index (χ1n) is 15.1. The van der Waals surface area contributed by atoms with Gasteiger partial charge < -0.3 is 19.9 Å². The summed E-state index contributed by atoms with van der Waals surface area (Å²) >= 11 is 0. The molecule has 3 aromatic heterocycles. The minimum Gasteiger partial charge on any atom is -0.444 e. The van der Waals surface area contributed by atoms with Gasteiger partial charge in [0.25, 0.3) is 0 Å². The van der Waals surface area contributed by atoms with Crippen molar-refractivity contribution in [3.8, 4) is 11.3 Å². The summed E-state index contributed by atoms with van der Waals surface area (Å²) in [6.07, 6.45) is 5.80. The summed E-state index contributed by atoms with van der Waals surface area (Å²) in [6.45, 7) is 13.4. The predicted molar refractivity (Wildman–Crippen MR) is 172 cm³/mol. The fourth-order valence-electron chi connectivity index (χ4n) is 4.85. The van der Waals surface area contributed by atoms with Crippen LogP contribution in [0.15, 0.2) is 48.9 Å². The average molecular weight is 604 g/mol.